The fourth-order valence-corrected chi connectivity index (χ4v) is 2.50. The third kappa shape index (κ3) is 5.55. The Morgan fingerprint density at radius 1 is 0.958 bits per heavy atom. The molecule has 2 aromatic carbocycles. The van der Waals surface area contributed by atoms with Crippen LogP contribution in [0.5, 0.6) is 5.75 Å². The molecule has 3 heteroatoms. The molecule has 0 aliphatic heterocycles. The van der Waals surface area contributed by atoms with E-state index in [0.29, 0.717) is 16.9 Å². The molecule has 0 N–H and O–H groups in total. The third-order valence-electron chi connectivity index (χ3n) is 3.95. The number of ether oxygens (including phenoxy) is 1. The van der Waals surface area contributed by atoms with Gasteiger partial charge < -0.3 is 4.74 Å². The molecule has 0 bridgehead atoms. The van der Waals surface area contributed by atoms with E-state index in [9.17, 15) is 4.79 Å². The van der Waals surface area contributed by atoms with Gasteiger partial charge in [-0.2, -0.15) is 5.26 Å². The highest BCUT2D eigenvalue weighted by Gasteiger charge is 2.08. The van der Waals surface area contributed by atoms with Gasteiger partial charge in [-0.25, -0.2) is 4.79 Å². The Morgan fingerprint density at radius 2 is 1.62 bits per heavy atom. The molecule has 0 fully saturated rings. The number of rotatable bonds is 8. The summed E-state index contributed by atoms with van der Waals surface area (Å²) in [5.41, 5.74) is 2.33. The first-order chi connectivity index (χ1) is 11.7. The fourth-order valence-electron chi connectivity index (χ4n) is 2.50. The van der Waals surface area contributed by atoms with Crippen LogP contribution in [0.3, 0.4) is 0 Å². The number of esters is 1. The standard InChI is InChI=1S/C21H23NO2/c1-2-3-4-5-6-7-17-8-12-19(13-9-17)21(23)24-20-14-10-18(16-22)11-15-20/h8-15H,2-7H2,1H3. The summed E-state index contributed by atoms with van der Waals surface area (Å²) in [4.78, 5) is 12.1. The second-order valence-electron chi connectivity index (χ2n) is 5.89. The maximum Gasteiger partial charge on any atom is 0.343 e. The van der Waals surface area contributed by atoms with Crippen molar-refractivity contribution < 1.29 is 9.53 Å². The van der Waals surface area contributed by atoms with Crippen molar-refractivity contribution in [3.05, 3.63) is 65.2 Å². The van der Waals surface area contributed by atoms with Gasteiger partial charge in [-0.05, 0) is 54.8 Å². The topological polar surface area (TPSA) is 50.1 Å². The summed E-state index contributed by atoms with van der Waals surface area (Å²) >= 11 is 0. The zero-order valence-corrected chi connectivity index (χ0v) is 14.1. The highest BCUT2D eigenvalue weighted by atomic mass is 16.5. The smallest absolute Gasteiger partial charge is 0.343 e. The number of unbranched alkanes of at least 4 members (excludes halogenated alkanes) is 4. The molecule has 0 heterocycles. The maximum absolute atomic E-state index is 12.1. The lowest BCUT2D eigenvalue weighted by molar-refractivity contribution is 0.0735. The second kappa shape index (κ2) is 9.52. The molecular formula is C21H23NO2. The first kappa shape index (κ1) is 17.7. The number of hydrogen-bond donors (Lipinski definition) is 0. The van der Waals surface area contributed by atoms with Crippen molar-refractivity contribution in [2.75, 3.05) is 0 Å². The molecule has 0 amide bonds. The zero-order valence-electron chi connectivity index (χ0n) is 14.1. The summed E-state index contributed by atoms with van der Waals surface area (Å²) in [6.45, 7) is 2.22. The Balaban J connectivity index is 1.85. The minimum atomic E-state index is -0.380. The molecule has 0 unspecified atom stereocenters. The van der Waals surface area contributed by atoms with E-state index in [1.54, 1.807) is 24.3 Å². The molecule has 0 atom stereocenters. The van der Waals surface area contributed by atoms with Gasteiger partial charge in [-0.1, -0.05) is 44.7 Å². The molecule has 0 aliphatic rings. The number of nitriles is 1. The van der Waals surface area contributed by atoms with Crippen molar-refractivity contribution in [1.82, 2.24) is 0 Å². The van der Waals surface area contributed by atoms with Crippen molar-refractivity contribution >= 4 is 5.97 Å². The Morgan fingerprint density at radius 3 is 2.25 bits per heavy atom. The van der Waals surface area contributed by atoms with Crippen LogP contribution in [0.4, 0.5) is 0 Å². The molecule has 0 aliphatic carbocycles. The lowest BCUT2D eigenvalue weighted by atomic mass is 10.0. The van der Waals surface area contributed by atoms with Gasteiger partial charge in [0.05, 0.1) is 17.2 Å². The molecule has 24 heavy (non-hydrogen) atoms. The minimum absolute atomic E-state index is 0.380. The molecule has 0 spiro atoms. The number of carbonyl (C=O) groups excluding carboxylic acids is 1. The second-order valence-corrected chi connectivity index (χ2v) is 5.89. The molecular weight excluding hydrogens is 298 g/mol. The Bertz CT molecular complexity index is 681. The third-order valence-corrected chi connectivity index (χ3v) is 3.95. The van der Waals surface area contributed by atoms with Crippen molar-refractivity contribution in [3.63, 3.8) is 0 Å². The van der Waals surface area contributed by atoms with E-state index in [0.717, 1.165) is 6.42 Å². The van der Waals surface area contributed by atoms with Gasteiger partial charge >= 0.3 is 5.97 Å². The number of nitrogens with zero attached hydrogens (tertiary/aromatic N) is 1. The van der Waals surface area contributed by atoms with Crippen LogP contribution in [-0.4, -0.2) is 5.97 Å². The molecule has 3 nitrogen and oxygen atoms in total. The Labute approximate surface area is 143 Å². The van der Waals surface area contributed by atoms with E-state index in [1.807, 2.05) is 30.3 Å². The van der Waals surface area contributed by atoms with Crippen LogP contribution in [0, 0.1) is 11.3 Å². The van der Waals surface area contributed by atoms with Gasteiger partial charge in [0.2, 0.25) is 0 Å². The molecule has 124 valence electrons. The van der Waals surface area contributed by atoms with E-state index < -0.39 is 0 Å². The lowest BCUT2D eigenvalue weighted by Gasteiger charge is -2.06. The average molecular weight is 321 g/mol. The summed E-state index contributed by atoms with van der Waals surface area (Å²) in [6.07, 6.45) is 7.36. The average Bonchev–Trinajstić information content (AvgIpc) is 2.62. The van der Waals surface area contributed by atoms with Gasteiger partial charge in [0.25, 0.3) is 0 Å². The van der Waals surface area contributed by atoms with Crippen LogP contribution in [0.25, 0.3) is 0 Å². The summed E-state index contributed by atoms with van der Waals surface area (Å²) in [6, 6.07) is 16.2. The van der Waals surface area contributed by atoms with Crippen LogP contribution in [-0.2, 0) is 6.42 Å². The predicted molar refractivity (Wildman–Crippen MR) is 95.0 cm³/mol. The predicted octanol–water partition coefficient (Wildman–Crippen LogP) is 5.29. The van der Waals surface area contributed by atoms with E-state index in [1.165, 1.54) is 37.7 Å². The van der Waals surface area contributed by atoms with Gasteiger partial charge in [-0.3, -0.25) is 0 Å². The van der Waals surface area contributed by atoms with Gasteiger partial charge in [0.15, 0.2) is 0 Å². The van der Waals surface area contributed by atoms with Crippen LogP contribution in [0.15, 0.2) is 48.5 Å². The van der Waals surface area contributed by atoms with Crippen LogP contribution < -0.4 is 4.74 Å². The van der Waals surface area contributed by atoms with Crippen molar-refractivity contribution in [2.24, 2.45) is 0 Å². The largest absolute Gasteiger partial charge is 0.423 e. The van der Waals surface area contributed by atoms with Crippen molar-refractivity contribution in [3.8, 4) is 11.8 Å². The quantitative estimate of drug-likeness (QED) is 0.377. The normalized spacial score (nSPS) is 10.2. The molecule has 2 rings (SSSR count). The summed E-state index contributed by atoms with van der Waals surface area (Å²) in [5, 5.41) is 8.76. The lowest BCUT2D eigenvalue weighted by Crippen LogP contribution is -2.08. The highest BCUT2D eigenvalue weighted by molar-refractivity contribution is 5.91. The summed E-state index contributed by atoms with van der Waals surface area (Å²) in [7, 11) is 0. The molecule has 0 radical (unpaired) electrons. The number of hydrogen-bond acceptors (Lipinski definition) is 3. The fraction of sp³-hybridized carbons (Fsp3) is 0.333. The maximum atomic E-state index is 12.1. The van der Waals surface area contributed by atoms with E-state index in [4.69, 9.17) is 10.00 Å². The number of benzene rings is 2. The van der Waals surface area contributed by atoms with Crippen LogP contribution in [0.2, 0.25) is 0 Å². The molecule has 0 aromatic heterocycles. The number of carbonyl (C=O) groups is 1. The zero-order chi connectivity index (χ0) is 17.2. The molecule has 2 aromatic rings. The summed E-state index contributed by atoms with van der Waals surface area (Å²) in [5.74, 6) is 0.0632. The van der Waals surface area contributed by atoms with E-state index in [2.05, 4.69) is 6.92 Å². The van der Waals surface area contributed by atoms with Gasteiger partial charge in [0, 0.05) is 0 Å². The molecule has 0 saturated heterocycles. The first-order valence-electron chi connectivity index (χ1n) is 8.54. The van der Waals surface area contributed by atoms with E-state index >= 15 is 0 Å². The number of aryl methyl sites for hydroxylation is 1. The van der Waals surface area contributed by atoms with Gasteiger partial charge in [-0.15, -0.1) is 0 Å². The van der Waals surface area contributed by atoms with Crippen LogP contribution >= 0.6 is 0 Å². The Hall–Kier alpha value is -2.60. The van der Waals surface area contributed by atoms with E-state index in [-0.39, 0.29) is 5.97 Å². The first-order valence-corrected chi connectivity index (χ1v) is 8.54. The van der Waals surface area contributed by atoms with Crippen molar-refractivity contribution in [2.45, 2.75) is 45.4 Å². The SMILES string of the molecule is CCCCCCCc1ccc(C(=O)Oc2ccc(C#N)cc2)cc1. The minimum Gasteiger partial charge on any atom is -0.423 e. The van der Waals surface area contributed by atoms with Crippen molar-refractivity contribution in [1.29, 1.82) is 5.26 Å². The highest BCUT2D eigenvalue weighted by Crippen LogP contribution is 2.15. The summed E-state index contributed by atoms with van der Waals surface area (Å²) < 4.78 is 5.32. The molecule has 0 saturated carbocycles. The van der Waals surface area contributed by atoms with Crippen LogP contribution in [0.1, 0.15) is 60.5 Å². The van der Waals surface area contributed by atoms with Gasteiger partial charge in [0.1, 0.15) is 5.75 Å². The Kier molecular flexibility index (Phi) is 7.04. The monoisotopic (exact) mass is 321 g/mol.